The Balaban J connectivity index is 1.82. The van der Waals surface area contributed by atoms with Gasteiger partial charge in [0.05, 0.1) is 0 Å². The van der Waals surface area contributed by atoms with Crippen molar-refractivity contribution < 1.29 is 4.57 Å². The lowest BCUT2D eigenvalue weighted by molar-refractivity contribution is -0.688. The first-order valence-corrected chi connectivity index (χ1v) is 5.94. The van der Waals surface area contributed by atoms with Crippen LogP contribution in [0.5, 0.6) is 0 Å². The number of aryl methyl sites for hydroxylation is 1. The molecule has 18 heavy (non-hydrogen) atoms. The van der Waals surface area contributed by atoms with Crippen LogP contribution in [-0.2, 0) is 6.54 Å². The Morgan fingerprint density at radius 3 is 2.83 bits per heavy atom. The van der Waals surface area contributed by atoms with Gasteiger partial charge in [0.1, 0.15) is 30.3 Å². The van der Waals surface area contributed by atoms with Gasteiger partial charge in [0.25, 0.3) is 0 Å². The Morgan fingerprint density at radius 2 is 2.11 bits per heavy atom. The molecule has 0 aliphatic carbocycles. The lowest BCUT2D eigenvalue weighted by Crippen LogP contribution is -2.31. The van der Waals surface area contributed by atoms with E-state index in [0.717, 1.165) is 23.6 Å². The fraction of sp³-hybridized carbons (Fsp3) is 0.143. The molecule has 0 radical (unpaired) electrons. The van der Waals surface area contributed by atoms with Crippen LogP contribution in [0.15, 0.2) is 55.1 Å². The van der Waals surface area contributed by atoms with Gasteiger partial charge in [-0.1, -0.05) is 18.2 Å². The van der Waals surface area contributed by atoms with Gasteiger partial charge in [0.15, 0.2) is 0 Å². The number of aromatic nitrogens is 4. The minimum absolute atomic E-state index is 0.782. The molecule has 2 aromatic heterocycles. The molecule has 4 nitrogen and oxygen atoms in total. The number of nitrogens with zero attached hydrogens (tertiary/aromatic N) is 3. The van der Waals surface area contributed by atoms with Crippen LogP contribution in [0.4, 0.5) is 0 Å². The Hall–Kier alpha value is -2.36. The molecule has 0 fully saturated rings. The molecular weight excluding hydrogens is 224 g/mol. The van der Waals surface area contributed by atoms with E-state index in [0.29, 0.717) is 0 Å². The first-order chi connectivity index (χ1) is 8.81. The molecule has 2 heterocycles. The van der Waals surface area contributed by atoms with Crippen molar-refractivity contribution in [3.63, 3.8) is 0 Å². The molecule has 0 aliphatic heterocycles. The average Bonchev–Trinajstić information content (AvgIpc) is 3.01. The summed E-state index contributed by atoms with van der Waals surface area (Å²) in [5, 5.41) is 7.20. The number of H-pyrrole nitrogens is 1. The third kappa shape index (κ3) is 2.18. The maximum atomic E-state index is 4.24. The van der Waals surface area contributed by atoms with E-state index in [1.807, 2.05) is 25.1 Å². The first kappa shape index (κ1) is 10.8. The zero-order valence-corrected chi connectivity index (χ0v) is 10.2. The van der Waals surface area contributed by atoms with Crippen LogP contribution >= 0.6 is 0 Å². The maximum absolute atomic E-state index is 4.24. The zero-order chi connectivity index (χ0) is 12.4. The molecule has 4 heteroatoms. The molecular formula is C14H15N4+. The fourth-order valence-electron chi connectivity index (χ4n) is 1.98. The number of imidazole rings is 1. The third-order valence-electron chi connectivity index (χ3n) is 2.85. The van der Waals surface area contributed by atoms with E-state index >= 15 is 0 Å². The Bertz CT molecular complexity index is 637. The summed E-state index contributed by atoms with van der Waals surface area (Å²) in [6, 6.07) is 12.3. The van der Waals surface area contributed by atoms with Crippen LogP contribution in [0, 0.1) is 6.92 Å². The molecule has 0 bridgehead atoms. The van der Waals surface area contributed by atoms with E-state index in [1.165, 1.54) is 0 Å². The number of hydrogen-bond acceptors (Lipinski definition) is 1. The van der Waals surface area contributed by atoms with Gasteiger partial charge in [-0.15, -0.1) is 0 Å². The van der Waals surface area contributed by atoms with Gasteiger partial charge in [-0.05, 0) is 25.1 Å². The number of rotatable bonds is 3. The predicted molar refractivity (Wildman–Crippen MR) is 68.4 cm³/mol. The maximum Gasteiger partial charge on any atom is 0.249 e. The van der Waals surface area contributed by atoms with Crippen LogP contribution in [-0.4, -0.2) is 14.8 Å². The van der Waals surface area contributed by atoms with E-state index in [9.17, 15) is 0 Å². The third-order valence-corrected chi connectivity index (χ3v) is 2.85. The van der Waals surface area contributed by atoms with Gasteiger partial charge in [-0.2, -0.15) is 5.10 Å². The highest BCUT2D eigenvalue weighted by Crippen LogP contribution is 2.05. The Morgan fingerprint density at radius 1 is 1.28 bits per heavy atom. The molecule has 3 aromatic rings. The number of nitrogens with one attached hydrogen (secondary N) is 1. The fourth-order valence-corrected chi connectivity index (χ4v) is 1.98. The minimum atomic E-state index is 0.782. The topological polar surface area (TPSA) is 37.5 Å². The van der Waals surface area contributed by atoms with Gasteiger partial charge in [0, 0.05) is 5.69 Å². The second-order valence-corrected chi connectivity index (χ2v) is 4.37. The van der Waals surface area contributed by atoms with Crippen molar-refractivity contribution in [1.82, 2.24) is 14.8 Å². The number of hydrogen-bond donors (Lipinski definition) is 1. The molecule has 1 aromatic carbocycles. The molecule has 0 amide bonds. The van der Waals surface area contributed by atoms with Crippen molar-refractivity contribution in [3.05, 3.63) is 66.5 Å². The minimum Gasteiger partial charge on any atom is -0.282 e. The van der Waals surface area contributed by atoms with Crippen molar-refractivity contribution in [3.8, 4) is 5.69 Å². The molecule has 0 atom stereocenters. The lowest BCUT2D eigenvalue weighted by Gasteiger charge is -1.93. The normalized spacial score (nSPS) is 10.7. The first-order valence-electron chi connectivity index (χ1n) is 5.94. The van der Waals surface area contributed by atoms with E-state index in [-0.39, 0.29) is 0 Å². The highest BCUT2D eigenvalue weighted by atomic mass is 15.2. The summed E-state index contributed by atoms with van der Waals surface area (Å²) in [5.41, 5.74) is 3.30. The zero-order valence-electron chi connectivity index (χ0n) is 10.2. The molecule has 0 spiro atoms. The Labute approximate surface area is 106 Å². The van der Waals surface area contributed by atoms with Gasteiger partial charge in [0.2, 0.25) is 6.33 Å². The summed E-state index contributed by atoms with van der Waals surface area (Å²) < 4.78 is 4.21. The van der Waals surface area contributed by atoms with Gasteiger partial charge in [-0.3, -0.25) is 5.10 Å². The van der Waals surface area contributed by atoms with E-state index in [1.54, 1.807) is 0 Å². The van der Waals surface area contributed by atoms with E-state index < -0.39 is 0 Å². The van der Waals surface area contributed by atoms with Crippen LogP contribution in [0.1, 0.15) is 11.4 Å². The van der Waals surface area contributed by atoms with Gasteiger partial charge in [-0.25, -0.2) is 9.13 Å². The molecule has 1 N–H and O–H groups in total. The number of para-hydroxylation sites is 1. The van der Waals surface area contributed by atoms with Crippen molar-refractivity contribution in [1.29, 1.82) is 0 Å². The standard InChI is InChI=1S/C14H15N4/c1-12-9-13(16-15-12)10-17-7-8-18(11-17)14-5-3-2-4-6-14/h2-9,11H,10H2,1H3,(H,15,16)/q+1. The molecule has 90 valence electrons. The lowest BCUT2D eigenvalue weighted by atomic mass is 10.3. The van der Waals surface area contributed by atoms with Crippen molar-refractivity contribution in [2.24, 2.45) is 0 Å². The SMILES string of the molecule is Cc1cc(C[n+]2ccn(-c3ccccc3)c2)n[nH]1. The summed E-state index contributed by atoms with van der Waals surface area (Å²) in [6.45, 7) is 2.79. The van der Waals surface area contributed by atoms with Crippen molar-refractivity contribution in [2.45, 2.75) is 13.5 Å². The Kier molecular flexibility index (Phi) is 2.68. The second kappa shape index (κ2) is 4.49. The second-order valence-electron chi connectivity index (χ2n) is 4.37. The summed E-state index contributed by atoms with van der Waals surface area (Å²) in [7, 11) is 0. The van der Waals surface area contributed by atoms with Crippen LogP contribution < -0.4 is 4.57 Å². The molecule has 0 saturated heterocycles. The largest absolute Gasteiger partial charge is 0.282 e. The van der Waals surface area contributed by atoms with Crippen molar-refractivity contribution in [2.75, 3.05) is 0 Å². The summed E-state index contributed by atoms with van der Waals surface area (Å²) in [6.07, 6.45) is 6.17. The van der Waals surface area contributed by atoms with E-state index in [2.05, 4.69) is 56.3 Å². The number of benzene rings is 1. The van der Waals surface area contributed by atoms with Gasteiger partial charge >= 0.3 is 0 Å². The summed E-state index contributed by atoms with van der Waals surface area (Å²) in [5.74, 6) is 0. The predicted octanol–water partition coefficient (Wildman–Crippen LogP) is 1.84. The summed E-state index contributed by atoms with van der Waals surface area (Å²) in [4.78, 5) is 0. The monoisotopic (exact) mass is 239 g/mol. The molecule has 0 saturated carbocycles. The average molecular weight is 239 g/mol. The molecule has 3 rings (SSSR count). The van der Waals surface area contributed by atoms with E-state index in [4.69, 9.17) is 0 Å². The van der Waals surface area contributed by atoms with Gasteiger partial charge < -0.3 is 0 Å². The van der Waals surface area contributed by atoms with Crippen LogP contribution in [0.2, 0.25) is 0 Å². The quantitative estimate of drug-likeness (QED) is 0.696. The molecule has 0 aliphatic rings. The highest BCUT2D eigenvalue weighted by molar-refractivity contribution is 5.30. The highest BCUT2D eigenvalue weighted by Gasteiger charge is 2.07. The van der Waals surface area contributed by atoms with Crippen LogP contribution in [0.25, 0.3) is 5.69 Å². The van der Waals surface area contributed by atoms with Crippen LogP contribution in [0.3, 0.4) is 0 Å². The summed E-state index contributed by atoms with van der Waals surface area (Å²) >= 11 is 0. The number of aromatic amines is 1. The van der Waals surface area contributed by atoms with Crippen molar-refractivity contribution >= 4 is 0 Å². The molecule has 0 unspecified atom stereocenters. The smallest absolute Gasteiger partial charge is 0.249 e.